The van der Waals surface area contributed by atoms with Crippen LogP contribution < -0.4 is 4.74 Å². The number of hydrogen-bond acceptors (Lipinski definition) is 2. The van der Waals surface area contributed by atoms with Crippen molar-refractivity contribution in [2.45, 2.75) is 19.8 Å². The van der Waals surface area contributed by atoms with Crippen LogP contribution in [0, 0.1) is 6.92 Å². The molecule has 74 valence electrons. The average Bonchev–Trinajstić information content (AvgIpc) is 2.70. The maximum atomic E-state index is 5.36. The Hall–Kier alpha value is -1.31. The topological polar surface area (TPSA) is 21.6 Å². The number of hydrogen-bond donors (Lipinski definition) is 0. The van der Waals surface area contributed by atoms with Gasteiger partial charge >= 0.3 is 0 Å². The zero-order chi connectivity index (χ0) is 9.97. The standard InChI is InChI=1S/C12H15NO/c1-9-5-3-7-11(14-2)12(9)10-6-4-8-13-10/h3,5,7H,4,6,8H2,1-2H3. The van der Waals surface area contributed by atoms with Crippen LogP contribution in [0.3, 0.4) is 0 Å². The lowest BCUT2D eigenvalue weighted by Crippen LogP contribution is -2.02. The van der Waals surface area contributed by atoms with Gasteiger partial charge < -0.3 is 4.74 Å². The summed E-state index contributed by atoms with van der Waals surface area (Å²) in [5.74, 6) is 0.950. The van der Waals surface area contributed by atoms with Crippen molar-refractivity contribution in [3.63, 3.8) is 0 Å². The summed E-state index contributed by atoms with van der Waals surface area (Å²) in [6.45, 7) is 3.07. The van der Waals surface area contributed by atoms with E-state index in [-0.39, 0.29) is 0 Å². The fraction of sp³-hybridized carbons (Fsp3) is 0.417. The van der Waals surface area contributed by atoms with Gasteiger partial charge in [-0.25, -0.2) is 0 Å². The molecule has 0 saturated carbocycles. The van der Waals surface area contributed by atoms with Crippen LogP contribution in [-0.2, 0) is 0 Å². The van der Waals surface area contributed by atoms with Gasteiger partial charge in [0.1, 0.15) is 5.75 Å². The normalized spacial score (nSPS) is 15.4. The lowest BCUT2D eigenvalue weighted by Gasteiger charge is -2.10. The minimum Gasteiger partial charge on any atom is -0.496 e. The van der Waals surface area contributed by atoms with E-state index < -0.39 is 0 Å². The van der Waals surface area contributed by atoms with Crippen molar-refractivity contribution in [2.24, 2.45) is 4.99 Å². The fourth-order valence-electron chi connectivity index (χ4n) is 1.92. The highest BCUT2D eigenvalue weighted by Crippen LogP contribution is 2.26. The number of aliphatic imine (C=N–C) groups is 1. The third kappa shape index (κ3) is 1.52. The minimum atomic E-state index is 0.950. The van der Waals surface area contributed by atoms with Gasteiger partial charge in [0, 0.05) is 17.8 Å². The predicted molar refractivity (Wildman–Crippen MR) is 58.4 cm³/mol. The van der Waals surface area contributed by atoms with E-state index in [9.17, 15) is 0 Å². The molecule has 2 rings (SSSR count). The Labute approximate surface area is 84.6 Å². The SMILES string of the molecule is COc1cccc(C)c1C1=NCCC1. The van der Waals surface area contributed by atoms with E-state index in [0.717, 1.165) is 18.7 Å². The lowest BCUT2D eigenvalue weighted by molar-refractivity contribution is 0.413. The quantitative estimate of drug-likeness (QED) is 0.700. The van der Waals surface area contributed by atoms with E-state index in [4.69, 9.17) is 4.74 Å². The Morgan fingerprint density at radius 2 is 2.21 bits per heavy atom. The van der Waals surface area contributed by atoms with Gasteiger partial charge in [0.15, 0.2) is 0 Å². The summed E-state index contributed by atoms with van der Waals surface area (Å²) in [6, 6.07) is 6.13. The first kappa shape index (κ1) is 9.25. The fourth-order valence-corrected chi connectivity index (χ4v) is 1.92. The first-order valence-corrected chi connectivity index (χ1v) is 5.00. The Kier molecular flexibility index (Phi) is 2.53. The molecule has 0 saturated heterocycles. The highest BCUT2D eigenvalue weighted by Gasteiger charge is 2.15. The molecule has 0 spiro atoms. The monoisotopic (exact) mass is 189 g/mol. The van der Waals surface area contributed by atoms with Crippen LogP contribution in [0.2, 0.25) is 0 Å². The van der Waals surface area contributed by atoms with Gasteiger partial charge in [0.2, 0.25) is 0 Å². The van der Waals surface area contributed by atoms with Crippen LogP contribution in [0.15, 0.2) is 23.2 Å². The van der Waals surface area contributed by atoms with Gasteiger partial charge in [0.05, 0.1) is 7.11 Å². The molecule has 0 unspecified atom stereocenters. The Bertz CT molecular complexity index is 369. The molecule has 0 radical (unpaired) electrons. The molecule has 0 aliphatic carbocycles. The Balaban J connectivity index is 2.48. The third-order valence-corrected chi connectivity index (χ3v) is 2.62. The largest absolute Gasteiger partial charge is 0.496 e. The van der Waals surface area contributed by atoms with Crippen molar-refractivity contribution in [1.82, 2.24) is 0 Å². The molecule has 0 amide bonds. The van der Waals surface area contributed by atoms with Crippen molar-refractivity contribution in [3.05, 3.63) is 29.3 Å². The highest BCUT2D eigenvalue weighted by atomic mass is 16.5. The molecule has 0 bridgehead atoms. The number of rotatable bonds is 2. The molecular formula is C12H15NO. The molecule has 1 aliphatic heterocycles. The van der Waals surface area contributed by atoms with Crippen molar-refractivity contribution in [3.8, 4) is 5.75 Å². The van der Waals surface area contributed by atoms with Crippen molar-refractivity contribution >= 4 is 5.71 Å². The second kappa shape index (κ2) is 3.82. The van der Waals surface area contributed by atoms with Crippen molar-refractivity contribution < 1.29 is 4.74 Å². The first-order chi connectivity index (χ1) is 6.83. The van der Waals surface area contributed by atoms with Gasteiger partial charge in [-0.3, -0.25) is 4.99 Å². The number of nitrogens with zero attached hydrogens (tertiary/aromatic N) is 1. The van der Waals surface area contributed by atoms with E-state index in [2.05, 4.69) is 18.0 Å². The van der Waals surface area contributed by atoms with Crippen LogP contribution in [0.25, 0.3) is 0 Å². The van der Waals surface area contributed by atoms with Crippen LogP contribution in [0.1, 0.15) is 24.0 Å². The van der Waals surface area contributed by atoms with Gasteiger partial charge in [-0.15, -0.1) is 0 Å². The Morgan fingerprint density at radius 3 is 2.86 bits per heavy atom. The van der Waals surface area contributed by atoms with Gasteiger partial charge in [0.25, 0.3) is 0 Å². The zero-order valence-corrected chi connectivity index (χ0v) is 8.71. The van der Waals surface area contributed by atoms with Crippen LogP contribution in [0.5, 0.6) is 5.75 Å². The predicted octanol–water partition coefficient (Wildman–Crippen LogP) is 2.59. The van der Waals surface area contributed by atoms with E-state index >= 15 is 0 Å². The highest BCUT2D eigenvalue weighted by molar-refractivity contribution is 6.04. The summed E-state index contributed by atoms with van der Waals surface area (Å²) >= 11 is 0. The van der Waals surface area contributed by atoms with Crippen LogP contribution in [0.4, 0.5) is 0 Å². The second-order valence-corrected chi connectivity index (χ2v) is 3.58. The van der Waals surface area contributed by atoms with Crippen LogP contribution in [-0.4, -0.2) is 19.4 Å². The number of aryl methyl sites for hydroxylation is 1. The van der Waals surface area contributed by atoms with Crippen LogP contribution >= 0.6 is 0 Å². The molecule has 1 aliphatic rings. The lowest BCUT2D eigenvalue weighted by atomic mass is 10.0. The molecule has 0 N–H and O–H groups in total. The summed E-state index contributed by atoms with van der Waals surface area (Å²) in [7, 11) is 1.72. The molecule has 2 heteroatoms. The first-order valence-electron chi connectivity index (χ1n) is 5.00. The molecule has 1 aromatic rings. The molecule has 0 atom stereocenters. The molecule has 14 heavy (non-hydrogen) atoms. The minimum absolute atomic E-state index is 0.950. The smallest absolute Gasteiger partial charge is 0.128 e. The third-order valence-electron chi connectivity index (χ3n) is 2.62. The average molecular weight is 189 g/mol. The van der Waals surface area contributed by atoms with E-state index in [0.29, 0.717) is 0 Å². The molecular weight excluding hydrogens is 174 g/mol. The Morgan fingerprint density at radius 1 is 1.36 bits per heavy atom. The molecule has 0 aromatic heterocycles. The van der Waals surface area contributed by atoms with Crippen molar-refractivity contribution in [1.29, 1.82) is 0 Å². The molecule has 1 aromatic carbocycles. The number of ether oxygens (including phenoxy) is 1. The maximum Gasteiger partial charge on any atom is 0.128 e. The molecule has 1 heterocycles. The van der Waals surface area contributed by atoms with Crippen molar-refractivity contribution in [2.75, 3.05) is 13.7 Å². The summed E-state index contributed by atoms with van der Waals surface area (Å²) in [5.41, 5.74) is 3.66. The summed E-state index contributed by atoms with van der Waals surface area (Å²) in [5, 5.41) is 0. The van der Waals surface area contributed by atoms with E-state index in [1.54, 1.807) is 7.11 Å². The summed E-state index contributed by atoms with van der Waals surface area (Å²) < 4.78 is 5.36. The summed E-state index contributed by atoms with van der Waals surface area (Å²) in [4.78, 5) is 4.51. The van der Waals surface area contributed by atoms with E-state index in [1.165, 1.54) is 23.3 Å². The van der Waals surface area contributed by atoms with Gasteiger partial charge in [-0.05, 0) is 31.4 Å². The maximum absolute atomic E-state index is 5.36. The number of methoxy groups -OCH3 is 1. The number of benzene rings is 1. The zero-order valence-electron chi connectivity index (χ0n) is 8.71. The molecule has 2 nitrogen and oxygen atoms in total. The molecule has 0 fully saturated rings. The van der Waals surface area contributed by atoms with Gasteiger partial charge in [-0.2, -0.15) is 0 Å². The van der Waals surface area contributed by atoms with Gasteiger partial charge in [-0.1, -0.05) is 12.1 Å². The summed E-state index contributed by atoms with van der Waals surface area (Å²) in [6.07, 6.45) is 2.26. The second-order valence-electron chi connectivity index (χ2n) is 3.58. The van der Waals surface area contributed by atoms with E-state index in [1.807, 2.05) is 12.1 Å².